The van der Waals surface area contributed by atoms with Gasteiger partial charge in [-0.25, -0.2) is 0 Å². The maximum atomic E-state index is 12.2. The molecule has 108 valence electrons. The summed E-state index contributed by atoms with van der Waals surface area (Å²) in [6.45, 7) is 9.44. The van der Waals surface area contributed by atoms with E-state index in [1.807, 2.05) is 26.0 Å². The molecule has 20 heavy (non-hydrogen) atoms. The van der Waals surface area contributed by atoms with Crippen molar-refractivity contribution in [3.63, 3.8) is 0 Å². The van der Waals surface area contributed by atoms with Crippen LogP contribution in [0.1, 0.15) is 41.8 Å². The maximum absolute atomic E-state index is 12.2. The topological polar surface area (TPSA) is 49.4 Å². The molecule has 0 fully saturated rings. The van der Waals surface area contributed by atoms with E-state index in [1.54, 1.807) is 4.90 Å². The summed E-state index contributed by atoms with van der Waals surface area (Å²) >= 11 is 0. The molecule has 0 radical (unpaired) electrons. The molecule has 0 unspecified atom stereocenters. The van der Waals surface area contributed by atoms with E-state index in [9.17, 15) is 9.59 Å². The summed E-state index contributed by atoms with van der Waals surface area (Å²) in [5, 5.41) is 3.32. The quantitative estimate of drug-likeness (QED) is 0.661. The zero-order chi connectivity index (χ0) is 14.9. The van der Waals surface area contributed by atoms with Gasteiger partial charge in [0.15, 0.2) is 0 Å². The minimum Gasteiger partial charge on any atom is -0.314 e. The fraction of sp³-hybridized carbons (Fsp3) is 0.500. The fourth-order valence-corrected chi connectivity index (χ4v) is 2.60. The first-order valence-electron chi connectivity index (χ1n) is 7.13. The molecule has 1 amide bonds. The summed E-state index contributed by atoms with van der Waals surface area (Å²) < 4.78 is 0. The lowest BCUT2D eigenvalue weighted by molar-refractivity contribution is -0.114. The highest BCUT2D eigenvalue weighted by atomic mass is 16.2. The number of nitrogens with zero attached hydrogens (tertiary/aromatic N) is 1. The van der Waals surface area contributed by atoms with E-state index >= 15 is 0 Å². The number of hydrogen-bond donors (Lipinski definition) is 1. The van der Waals surface area contributed by atoms with Gasteiger partial charge in [0.25, 0.3) is 11.7 Å². The number of amides is 1. The predicted molar refractivity (Wildman–Crippen MR) is 80.4 cm³/mol. The van der Waals surface area contributed by atoms with Gasteiger partial charge < -0.3 is 10.2 Å². The standard InChI is InChI=1S/C16H22N2O2/c1-10(2)17-8-5-9-18-14-12(4)7-6-11(3)13(14)15(19)16(18)20/h6-7,10,17H,5,8-9H2,1-4H3. The van der Waals surface area contributed by atoms with Crippen molar-refractivity contribution in [2.75, 3.05) is 18.0 Å². The predicted octanol–water partition coefficient (Wildman–Crippen LogP) is 2.22. The van der Waals surface area contributed by atoms with Gasteiger partial charge in [-0.2, -0.15) is 0 Å². The molecule has 0 spiro atoms. The van der Waals surface area contributed by atoms with E-state index < -0.39 is 0 Å². The van der Waals surface area contributed by atoms with Crippen molar-refractivity contribution < 1.29 is 9.59 Å². The van der Waals surface area contributed by atoms with Crippen molar-refractivity contribution in [1.82, 2.24) is 5.32 Å². The second-order valence-corrected chi connectivity index (χ2v) is 5.67. The molecule has 2 rings (SSSR count). The Morgan fingerprint density at radius 3 is 2.45 bits per heavy atom. The lowest BCUT2D eigenvalue weighted by Gasteiger charge is -2.19. The monoisotopic (exact) mass is 274 g/mol. The van der Waals surface area contributed by atoms with Crippen molar-refractivity contribution >= 4 is 17.4 Å². The molecule has 0 saturated heterocycles. The Labute approximate surface area is 120 Å². The van der Waals surface area contributed by atoms with Gasteiger partial charge in [-0.15, -0.1) is 0 Å². The van der Waals surface area contributed by atoms with Crippen LogP contribution in [0.4, 0.5) is 5.69 Å². The van der Waals surface area contributed by atoms with Gasteiger partial charge in [0, 0.05) is 12.6 Å². The highest BCUT2D eigenvalue weighted by Gasteiger charge is 2.37. The van der Waals surface area contributed by atoms with Crippen molar-refractivity contribution in [3.8, 4) is 0 Å². The van der Waals surface area contributed by atoms with E-state index in [0.717, 1.165) is 29.8 Å². The van der Waals surface area contributed by atoms with Gasteiger partial charge in [-0.3, -0.25) is 9.59 Å². The van der Waals surface area contributed by atoms with Crippen LogP contribution in [0.2, 0.25) is 0 Å². The van der Waals surface area contributed by atoms with Crippen molar-refractivity contribution in [2.45, 2.75) is 40.2 Å². The van der Waals surface area contributed by atoms with Crippen LogP contribution in [-0.2, 0) is 4.79 Å². The molecule has 1 aliphatic rings. The van der Waals surface area contributed by atoms with E-state index in [2.05, 4.69) is 19.2 Å². The molecule has 4 nitrogen and oxygen atoms in total. The highest BCUT2D eigenvalue weighted by Crippen LogP contribution is 2.34. The zero-order valence-electron chi connectivity index (χ0n) is 12.6. The van der Waals surface area contributed by atoms with Crippen molar-refractivity contribution in [3.05, 3.63) is 28.8 Å². The molecule has 1 heterocycles. The minimum atomic E-state index is -0.387. The third-order valence-electron chi connectivity index (χ3n) is 3.64. The number of carbonyl (C=O) groups excluding carboxylic acids is 2. The molecule has 1 N–H and O–H groups in total. The molecular weight excluding hydrogens is 252 g/mol. The number of nitrogens with one attached hydrogen (secondary N) is 1. The lowest BCUT2D eigenvalue weighted by atomic mass is 10.0. The van der Waals surface area contributed by atoms with E-state index in [1.165, 1.54) is 0 Å². The lowest BCUT2D eigenvalue weighted by Crippen LogP contribution is -2.33. The molecule has 0 atom stereocenters. The van der Waals surface area contributed by atoms with Crippen LogP contribution >= 0.6 is 0 Å². The molecule has 4 heteroatoms. The minimum absolute atomic E-state index is 0.363. The number of fused-ring (bicyclic) bond motifs is 1. The second-order valence-electron chi connectivity index (χ2n) is 5.67. The van der Waals surface area contributed by atoms with Crippen LogP contribution in [0, 0.1) is 13.8 Å². The normalized spacial score (nSPS) is 14.3. The number of Topliss-reactive ketones (excluding diaryl/α,β-unsaturated/α-hetero) is 1. The van der Waals surface area contributed by atoms with Crippen LogP contribution in [-0.4, -0.2) is 30.8 Å². The zero-order valence-corrected chi connectivity index (χ0v) is 12.6. The van der Waals surface area contributed by atoms with E-state index in [4.69, 9.17) is 0 Å². The van der Waals surface area contributed by atoms with Gasteiger partial charge in [0.05, 0.1) is 11.3 Å². The molecule has 0 bridgehead atoms. The molecule has 0 aliphatic carbocycles. The average molecular weight is 274 g/mol. The van der Waals surface area contributed by atoms with Crippen molar-refractivity contribution in [1.29, 1.82) is 0 Å². The fourth-order valence-electron chi connectivity index (χ4n) is 2.60. The van der Waals surface area contributed by atoms with E-state index in [-0.39, 0.29) is 11.7 Å². The highest BCUT2D eigenvalue weighted by molar-refractivity contribution is 6.52. The number of rotatable bonds is 5. The van der Waals surface area contributed by atoms with Crippen LogP contribution in [0.25, 0.3) is 0 Å². The summed E-state index contributed by atoms with van der Waals surface area (Å²) in [5.74, 6) is -0.750. The maximum Gasteiger partial charge on any atom is 0.299 e. The van der Waals surface area contributed by atoms with E-state index in [0.29, 0.717) is 18.2 Å². The number of ketones is 1. The molecule has 1 aromatic rings. The summed E-state index contributed by atoms with van der Waals surface area (Å²) in [7, 11) is 0. The number of hydrogen-bond acceptors (Lipinski definition) is 3. The molecular formula is C16H22N2O2. The molecule has 0 saturated carbocycles. The molecule has 1 aromatic carbocycles. The third-order valence-corrected chi connectivity index (χ3v) is 3.64. The Kier molecular flexibility index (Phi) is 4.23. The average Bonchev–Trinajstić information content (AvgIpc) is 2.64. The smallest absolute Gasteiger partial charge is 0.299 e. The van der Waals surface area contributed by atoms with Crippen molar-refractivity contribution in [2.24, 2.45) is 0 Å². The van der Waals surface area contributed by atoms with Crippen LogP contribution < -0.4 is 10.2 Å². The number of anilines is 1. The van der Waals surface area contributed by atoms with Gasteiger partial charge in [-0.05, 0) is 37.9 Å². The van der Waals surface area contributed by atoms with Crippen LogP contribution in [0.3, 0.4) is 0 Å². The first-order valence-corrected chi connectivity index (χ1v) is 7.13. The summed E-state index contributed by atoms with van der Waals surface area (Å²) in [6.07, 6.45) is 0.837. The summed E-state index contributed by atoms with van der Waals surface area (Å²) in [4.78, 5) is 25.9. The SMILES string of the molecule is Cc1ccc(C)c2c1C(=O)C(=O)N2CCCNC(C)C. The largest absolute Gasteiger partial charge is 0.314 e. The Bertz CT molecular complexity index is 550. The summed E-state index contributed by atoms with van der Waals surface area (Å²) in [5.41, 5.74) is 3.27. The number of carbonyl (C=O) groups is 2. The Balaban J connectivity index is 2.18. The Morgan fingerprint density at radius 2 is 1.80 bits per heavy atom. The van der Waals surface area contributed by atoms with Gasteiger partial charge in [0.2, 0.25) is 0 Å². The second kappa shape index (κ2) is 5.75. The summed E-state index contributed by atoms with van der Waals surface area (Å²) in [6, 6.07) is 4.31. The Morgan fingerprint density at radius 1 is 1.15 bits per heavy atom. The molecule has 0 aromatic heterocycles. The first-order chi connectivity index (χ1) is 9.43. The third kappa shape index (κ3) is 2.61. The Hall–Kier alpha value is -1.68. The van der Waals surface area contributed by atoms with Gasteiger partial charge in [0.1, 0.15) is 0 Å². The number of aryl methyl sites for hydroxylation is 2. The van der Waals surface area contributed by atoms with Crippen LogP contribution in [0.15, 0.2) is 12.1 Å². The molecule has 1 aliphatic heterocycles. The number of benzene rings is 1. The van der Waals surface area contributed by atoms with Gasteiger partial charge in [-0.1, -0.05) is 26.0 Å². The first kappa shape index (κ1) is 14.7. The van der Waals surface area contributed by atoms with Gasteiger partial charge >= 0.3 is 0 Å². The van der Waals surface area contributed by atoms with Crippen LogP contribution in [0.5, 0.6) is 0 Å².